The summed E-state index contributed by atoms with van der Waals surface area (Å²) in [5, 5.41) is 14.9. The van der Waals surface area contributed by atoms with Crippen LogP contribution in [0, 0.1) is 0 Å². The quantitative estimate of drug-likeness (QED) is 0.420. The minimum absolute atomic E-state index is 0.0240. The Balaban J connectivity index is 0.000000316. The first-order chi connectivity index (χ1) is 17.3. The molecule has 1 aromatic heterocycles. The summed E-state index contributed by atoms with van der Waals surface area (Å²) in [4.78, 5) is 43.8. The third kappa shape index (κ3) is 11.8. The van der Waals surface area contributed by atoms with Gasteiger partial charge in [0, 0.05) is 23.9 Å². The number of carboxylic acids is 1. The van der Waals surface area contributed by atoms with E-state index < -0.39 is 5.97 Å². The van der Waals surface area contributed by atoms with Crippen molar-refractivity contribution in [3.05, 3.63) is 75.5 Å². The zero-order valence-electron chi connectivity index (χ0n) is 21.2. The first-order valence-corrected chi connectivity index (χ1v) is 12.9. The molecule has 2 aromatic rings. The number of aliphatic carboxylic acids is 1. The zero-order valence-corrected chi connectivity index (χ0v) is 22.0. The molecular weight excluding hydrogens is 476 g/mol. The van der Waals surface area contributed by atoms with Crippen LogP contribution in [0.1, 0.15) is 62.0 Å². The predicted octanol–water partition coefficient (Wildman–Crippen LogP) is 4.75. The van der Waals surface area contributed by atoms with Gasteiger partial charge in [0.05, 0.1) is 12.5 Å². The van der Waals surface area contributed by atoms with Crippen molar-refractivity contribution in [2.75, 3.05) is 13.1 Å². The number of amides is 2. The lowest BCUT2D eigenvalue weighted by Gasteiger charge is -2.13. The molecule has 1 heterocycles. The van der Waals surface area contributed by atoms with Gasteiger partial charge in [-0.3, -0.25) is 14.4 Å². The van der Waals surface area contributed by atoms with Crippen molar-refractivity contribution < 1.29 is 24.3 Å². The van der Waals surface area contributed by atoms with Crippen molar-refractivity contribution in [2.45, 2.75) is 52.4 Å². The van der Waals surface area contributed by atoms with Gasteiger partial charge in [0.25, 0.3) is 11.9 Å². The van der Waals surface area contributed by atoms with E-state index in [1.54, 1.807) is 11.3 Å². The molecule has 1 aliphatic rings. The van der Waals surface area contributed by atoms with E-state index in [1.807, 2.05) is 61.7 Å². The second-order valence-corrected chi connectivity index (χ2v) is 8.92. The Bertz CT molecular complexity index is 1020. The monoisotopic (exact) mass is 512 g/mol. The lowest BCUT2D eigenvalue weighted by atomic mass is 10.0. The Hall–Kier alpha value is -3.52. The van der Waals surface area contributed by atoms with Crippen LogP contribution in [0.3, 0.4) is 0 Å². The molecule has 3 N–H and O–H groups in total. The average molecular weight is 513 g/mol. The summed E-state index contributed by atoms with van der Waals surface area (Å²) in [7, 11) is 0. The van der Waals surface area contributed by atoms with E-state index in [-0.39, 0.29) is 24.3 Å². The number of carboxylic acid groups (broad SMARTS) is 1. The Morgan fingerprint density at radius 2 is 1.78 bits per heavy atom. The van der Waals surface area contributed by atoms with Crippen molar-refractivity contribution >= 4 is 41.5 Å². The highest BCUT2D eigenvalue weighted by atomic mass is 32.1. The highest BCUT2D eigenvalue weighted by molar-refractivity contribution is 7.10. The second kappa shape index (κ2) is 17.8. The minimum atomic E-state index is -0.833. The minimum Gasteiger partial charge on any atom is -0.481 e. The summed E-state index contributed by atoms with van der Waals surface area (Å²) in [5.74, 6) is -0.961. The summed E-state index contributed by atoms with van der Waals surface area (Å²) in [6, 6.07) is 12.1. The van der Waals surface area contributed by atoms with E-state index in [9.17, 15) is 14.4 Å². The van der Waals surface area contributed by atoms with E-state index in [1.165, 1.54) is 11.1 Å². The summed E-state index contributed by atoms with van der Waals surface area (Å²) in [5.41, 5.74) is 3.22. The van der Waals surface area contributed by atoms with Gasteiger partial charge in [0.15, 0.2) is 0 Å². The molecule has 0 saturated carbocycles. The molecule has 1 aliphatic carbocycles. The van der Waals surface area contributed by atoms with E-state index in [0.717, 1.165) is 49.6 Å². The van der Waals surface area contributed by atoms with Crippen LogP contribution in [-0.4, -0.2) is 42.3 Å². The zero-order chi connectivity index (χ0) is 26.8. The maximum atomic E-state index is 11.8. The van der Waals surface area contributed by atoms with Crippen molar-refractivity contribution in [3.8, 4) is 0 Å². The molecule has 36 heavy (non-hydrogen) atoms. The Morgan fingerprint density at radius 3 is 2.39 bits per heavy atom. The number of carbonyl (C=O) groups is 4. The number of fused-ring (bicyclic) bond motifs is 1. The number of thiophene rings is 1. The SMILES string of the molecule is CC(=O)O.CCCC(C(=O)NCC=O)c1cccs1.CCCNC(=O)C1=CCc2ccccc2C=C1. The Morgan fingerprint density at radius 1 is 1.06 bits per heavy atom. The lowest BCUT2D eigenvalue weighted by Crippen LogP contribution is -2.30. The fourth-order valence-corrected chi connectivity index (χ4v) is 4.17. The number of benzene rings is 1. The molecule has 8 heteroatoms. The van der Waals surface area contributed by atoms with Crippen molar-refractivity contribution in [1.29, 1.82) is 0 Å². The molecule has 194 valence electrons. The van der Waals surface area contributed by atoms with Gasteiger partial charge in [-0.2, -0.15) is 0 Å². The molecule has 2 amide bonds. The highest BCUT2D eigenvalue weighted by Gasteiger charge is 2.19. The number of aldehydes is 1. The topological polar surface area (TPSA) is 113 Å². The van der Waals surface area contributed by atoms with E-state index in [4.69, 9.17) is 9.90 Å². The first kappa shape index (κ1) is 30.5. The summed E-state index contributed by atoms with van der Waals surface area (Å²) >= 11 is 1.58. The van der Waals surface area contributed by atoms with Crippen LogP contribution >= 0.6 is 11.3 Å². The molecule has 0 radical (unpaired) electrons. The van der Waals surface area contributed by atoms with Crippen LogP contribution in [0.15, 0.2) is 59.5 Å². The van der Waals surface area contributed by atoms with Crippen LogP contribution in [0.2, 0.25) is 0 Å². The molecule has 0 bridgehead atoms. The third-order valence-electron chi connectivity index (χ3n) is 4.98. The van der Waals surface area contributed by atoms with Gasteiger partial charge in [-0.25, -0.2) is 0 Å². The van der Waals surface area contributed by atoms with E-state index >= 15 is 0 Å². The van der Waals surface area contributed by atoms with Crippen LogP contribution < -0.4 is 10.6 Å². The molecular formula is C28H36N2O5S. The summed E-state index contributed by atoms with van der Waals surface area (Å²) in [6.07, 6.45) is 10.2. The van der Waals surface area contributed by atoms with E-state index in [0.29, 0.717) is 6.29 Å². The second-order valence-electron chi connectivity index (χ2n) is 7.94. The van der Waals surface area contributed by atoms with Crippen molar-refractivity contribution in [1.82, 2.24) is 10.6 Å². The molecule has 1 unspecified atom stereocenters. The number of rotatable bonds is 9. The number of hydrogen-bond donors (Lipinski definition) is 3. The Labute approximate surface area is 217 Å². The smallest absolute Gasteiger partial charge is 0.300 e. The summed E-state index contributed by atoms with van der Waals surface area (Å²) < 4.78 is 0. The standard InChI is InChI=1S/C15H17NO.C11H15NO2S.C2H4O2/c1-2-11-16-15(17)14-9-7-12-5-3-4-6-13(12)8-10-14;1-2-4-9(10-5-3-8-15-10)11(14)12-6-7-13;1-2(3)4/h3-7,9-10H,2,8,11H2,1H3,(H,16,17);3,5,7-9H,2,4,6H2,1H3,(H,12,14);1H3,(H,3,4). The summed E-state index contributed by atoms with van der Waals surface area (Å²) in [6.45, 7) is 6.02. The predicted molar refractivity (Wildman–Crippen MR) is 145 cm³/mol. The van der Waals surface area contributed by atoms with Crippen LogP contribution in [-0.2, 0) is 25.6 Å². The molecule has 3 rings (SSSR count). The van der Waals surface area contributed by atoms with Crippen molar-refractivity contribution in [2.24, 2.45) is 0 Å². The van der Waals surface area contributed by atoms with Crippen LogP contribution in [0.5, 0.6) is 0 Å². The number of carbonyl (C=O) groups excluding carboxylic acids is 3. The van der Waals surface area contributed by atoms with Gasteiger partial charge in [-0.15, -0.1) is 11.3 Å². The highest BCUT2D eigenvalue weighted by Crippen LogP contribution is 2.25. The molecule has 0 aliphatic heterocycles. The number of nitrogens with one attached hydrogen (secondary N) is 2. The first-order valence-electron chi connectivity index (χ1n) is 12.0. The maximum Gasteiger partial charge on any atom is 0.300 e. The normalized spacial score (nSPS) is 12.1. The van der Waals surface area contributed by atoms with Crippen molar-refractivity contribution in [3.63, 3.8) is 0 Å². The molecule has 1 aromatic carbocycles. The lowest BCUT2D eigenvalue weighted by molar-refractivity contribution is -0.134. The largest absolute Gasteiger partial charge is 0.481 e. The molecule has 1 atom stereocenters. The average Bonchev–Trinajstić information content (AvgIpc) is 3.30. The molecule has 7 nitrogen and oxygen atoms in total. The van der Waals surface area contributed by atoms with Crippen LogP contribution in [0.25, 0.3) is 6.08 Å². The number of allylic oxidation sites excluding steroid dienone is 1. The van der Waals surface area contributed by atoms with E-state index in [2.05, 4.69) is 22.8 Å². The fourth-order valence-electron chi connectivity index (χ4n) is 3.31. The Kier molecular flexibility index (Phi) is 15.1. The maximum absolute atomic E-state index is 11.8. The third-order valence-corrected chi connectivity index (χ3v) is 5.96. The van der Waals surface area contributed by atoms with Gasteiger partial charge < -0.3 is 20.5 Å². The van der Waals surface area contributed by atoms with Crippen LogP contribution in [0.4, 0.5) is 0 Å². The van der Waals surface area contributed by atoms with Gasteiger partial charge in [-0.05, 0) is 47.9 Å². The molecule has 0 fully saturated rings. The van der Waals surface area contributed by atoms with Gasteiger partial charge in [0.1, 0.15) is 6.29 Å². The van der Waals surface area contributed by atoms with Gasteiger partial charge in [-0.1, -0.05) is 62.8 Å². The van der Waals surface area contributed by atoms with Gasteiger partial charge >= 0.3 is 0 Å². The van der Waals surface area contributed by atoms with Gasteiger partial charge in [0.2, 0.25) is 5.91 Å². The number of hydrogen-bond acceptors (Lipinski definition) is 5. The molecule has 0 spiro atoms. The fraction of sp³-hybridized carbons (Fsp3) is 0.357. The molecule has 0 saturated heterocycles.